The minimum Gasteiger partial charge on any atom is -0.454 e. The van der Waals surface area contributed by atoms with E-state index in [9.17, 15) is 9.59 Å². The van der Waals surface area contributed by atoms with Gasteiger partial charge in [0.2, 0.25) is 6.79 Å². The van der Waals surface area contributed by atoms with Crippen LogP contribution in [0.5, 0.6) is 11.5 Å². The summed E-state index contributed by atoms with van der Waals surface area (Å²) >= 11 is 1.36. The van der Waals surface area contributed by atoms with E-state index in [2.05, 4.69) is 5.32 Å². The van der Waals surface area contributed by atoms with Crippen molar-refractivity contribution in [2.24, 2.45) is 0 Å². The van der Waals surface area contributed by atoms with Crippen molar-refractivity contribution in [3.63, 3.8) is 0 Å². The lowest BCUT2D eigenvalue weighted by Gasteiger charge is -2.10. The molecule has 0 bridgehead atoms. The van der Waals surface area contributed by atoms with E-state index in [4.69, 9.17) is 9.47 Å². The molecule has 1 aliphatic rings. The second-order valence-corrected chi connectivity index (χ2v) is 5.61. The number of anilines is 1. The summed E-state index contributed by atoms with van der Waals surface area (Å²) in [7, 11) is 0. The Morgan fingerprint density at radius 1 is 1.24 bits per heavy atom. The number of carbonyl (C=O) groups is 2. The van der Waals surface area contributed by atoms with E-state index in [0.717, 1.165) is 5.56 Å². The highest BCUT2D eigenvalue weighted by atomic mass is 32.1. The van der Waals surface area contributed by atoms with Crippen molar-refractivity contribution in [2.75, 3.05) is 12.1 Å². The summed E-state index contributed by atoms with van der Waals surface area (Å²) in [5.74, 6) is 0.666. The minimum atomic E-state index is -0.233. The number of aryl methyl sites for hydroxylation is 1. The van der Waals surface area contributed by atoms with Gasteiger partial charge in [-0.15, -0.1) is 11.3 Å². The highest BCUT2D eigenvalue weighted by molar-refractivity contribution is 7.12. The first-order valence-electron chi connectivity index (χ1n) is 6.36. The van der Waals surface area contributed by atoms with Gasteiger partial charge in [0, 0.05) is 11.6 Å². The lowest BCUT2D eigenvalue weighted by Crippen LogP contribution is -2.14. The van der Waals surface area contributed by atoms with Gasteiger partial charge >= 0.3 is 0 Å². The number of Topliss-reactive ketones (excluding diaryl/α,β-unsaturated/α-hetero) is 1. The van der Waals surface area contributed by atoms with Crippen molar-refractivity contribution in [3.05, 3.63) is 39.6 Å². The predicted octanol–water partition coefficient (Wildman–Crippen LogP) is 3.24. The van der Waals surface area contributed by atoms with Crippen molar-refractivity contribution < 1.29 is 19.1 Å². The molecule has 0 unspecified atom stereocenters. The fraction of sp³-hybridized carbons (Fsp3) is 0.200. The van der Waals surface area contributed by atoms with Crippen LogP contribution in [0.3, 0.4) is 0 Å². The van der Waals surface area contributed by atoms with E-state index >= 15 is 0 Å². The van der Waals surface area contributed by atoms with Crippen LogP contribution in [0.2, 0.25) is 0 Å². The zero-order valence-corrected chi connectivity index (χ0v) is 12.4. The highest BCUT2D eigenvalue weighted by Gasteiger charge is 2.21. The van der Waals surface area contributed by atoms with Crippen molar-refractivity contribution in [3.8, 4) is 11.5 Å². The number of ether oxygens (including phenoxy) is 2. The van der Waals surface area contributed by atoms with Gasteiger partial charge in [-0.05, 0) is 36.9 Å². The van der Waals surface area contributed by atoms with Crippen LogP contribution in [0, 0.1) is 6.92 Å². The summed E-state index contributed by atoms with van der Waals surface area (Å²) in [5, 5.41) is 4.64. The van der Waals surface area contributed by atoms with E-state index in [-0.39, 0.29) is 18.5 Å². The summed E-state index contributed by atoms with van der Waals surface area (Å²) in [6, 6.07) is 5.10. The average Bonchev–Trinajstić information content (AvgIpc) is 3.05. The van der Waals surface area contributed by atoms with Crippen LogP contribution in [0.25, 0.3) is 0 Å². The molecule has 0 aliphatic carbocycles. The summed E-state index contributed by atoms with van der Waals surface area (Å²) in [6.07, 6.45) is 0. The van der Waals surface area contributed by atoms with Gasteiger partial charge < -0.3 is 14.8 Å². The SMILES string of the molecule is CC(=O)c1cc2c(cc1NC(=O)c1sccc1C)OCO2. The molecular weight excluding hydrogens is 290 g/mol. The van der Waals surface area contributed by atoms with E-state index in [1.54, 1.807) is 12.1 Å². The molecule has 1 N–H and O–H groups in total. The minimum absolute atomic E-state index is 0.119. The summed E-state index contributed by atoms with van der Waals surface area (Å²) in [4.78, 5) is 24.7. The Kier molecular flexibility index (Phi) is 3.39. The van der Waals surface area contributed by atoms with Crippen LogP contribution in [-0.4, -0.2) is 18.5 Å². The Morgan fingerprint density at radius 2 is 1.95 bits per heavy atom. The normalized spacial score (nSPS) is 12.3. The van der Waals surface area contributed by atoms with E-state index in [0.29, 0.717) is 27.6 Å². The van der Waals surface area contributed by atoms with Crippen LogP contribution in [-0.2, 0) is 0 Å². The van der Waals surface area contributed by atoms with Crippen LogP contribution < -0.4 is 14.8 Å². The summed E-state index contributed by atoms with van der Waals surface area (Å²) < 4.78 is 10.5. The smallest absolute Gasteiger partial charge is 0.266 e. The second kappa shape index (κ2) is 5.21. The molecule has 6 heteroatoms. The Hall–Kier alpha value is -2.34. The van der Waals surface area contributed by atoms with Crippen LogP contribution in [0.1, 0.15) is 32.5 Å². The maximum atomic E-state index is 12.3. The quantitative estimate of drug-likeness (QED) is 0.884. The molecule has 0 saturated heterocycles. The fourth-order valence-electron chi connectivity index (χ4n) is 2.12. The van der Waals surface area contributed by atoms with Gasteiger partial charge in [-0.1, -0.05) is 0 Å². The molecule has 1 aromatic heterocycles. The molecule has 108 valence electrons. The molecule has 5 nitrogen and oxygen atoms in total. The molecule has 0 radical (unpaired) electrons. The Morgan fingerprint density at radius 3 is 2.57 bits per heavy atom. The molecule has 1 amide bonds. The van der Waals surface area contributed by atoms with Crippen LogP contribution in [0.4, 0.5) is 5.69 Å². The van der Waals surface area contributed by atoms with Gasteiger partial charge in [-0.2, -0.15) is 0 Å². The monoisotopic (exact) mass is 303 g/mol. The van der Waals surface area contributed by atoms with E-state index < -0.39 is 0 Å². The third-order valence-electron chi connectivity index (χ3n) is 3.21. The Labute approximate surface area is 125 Å². The van der Waals surface area contributed by atoms with E-state index in [1.165, 1.54) is 18.3 Å². The number of hydrogen-bond donors (Lipinski definition) is 1. The molecule has 0 spiro atoms. The van der Waals surface area contributed by atoms with Crippen molar-refractivity contribution in [2.45, 2.75) is 13.8 Å². The summed E-state index contributed by atoms with van der Waals surface area (Å²) in [5.41, 5.74) is 1.74. The largest absolute Gasteiger partial charge is 0.454 e. The Balaban J connectivity index is 1.96. The third-order valence-corrected chi connectivity index (χ3v) is 4.22. The molecule has 0 saturated carbocycles. The lowest BCUT2D eigenvalue weighted by molar-refractivity contribution is 0.101. The first-order valence-corrected chi connectivity index (χ1v) is 7.24. The Bertz CT molecular complexity index is 735. The first kappa shape index (κ1) is 13.6. The summed E-state index contributed by atoms with van der Waals surface area (Å²) in [6.45, 7) is 3.44. The maximum absolute atomic E-state index is 12.3. The highest BCUT2D eigenvalue weighted by Crippen LogP contribution is 2.37. The maximum Gasteiger partial charge on any atom is 0.266 e. The number of thiophene rings is 1. The van der Waals surface area contributed by atoms with Crippen LogP contribution in [0.15, 0.2) is 23.6 Å². The number of ketones is 1. The van der Waals surface area contributed by atoms with Gasteiger partial charge in [-0.25, -0.2) is 0 Å². The van der Waals surface area contributed by atoms with Crippen molar-refractivity contribution >= 4 is 28.7 Å². The standard InChI is InChI=1S/C15H13NO4S/c1-8-3-4-21-14(8)15(18)16-11-6-13-12(19-7-20-13)5-10(11)9(2)17/h3-6H,7H2,1-2H3,(H,16,18). The molecule has 3 rings (SSSR count). The number of benzene rings is 1. The number of nitrogens with one attached hydrogen (secondary N) is 1. The van der Waals surface area contributed by atoms with Gasteiger partial charge in [-0.3, -0.25) is 9.59 Å². The molecule has 1 aromatic carbocycles. The van der Waals surface area contributed by atoms with Gasteiger partial charge in [0.15, 0.2) is 17.3 Å². The number of carbonyl (C=O) groups excluding carboxylic acids is 2. The number of rotatable bonds is 3. The second-order valence-electron chi connectivity index (χ2n) is 4.69. The van der Waals surface area contributed by atoms with Crippen molar-refractivity contribution in [1.82, 2.24) is 0 Å². The molecular formula is C15H13NO4S. The number of amides is 1. The molecule has 1 aliphatic heterocycles. The number of fused-ring (bicyclic) bond motifs is 1. The molecule has 0 fully saturated rings. The molecule has 2 aromatic rings. The van der Waals surface area contributed by atoms with Gasteiger partial charge in [0.05, 0.1) is 10.6 Å². The fourth-order valence-corrected chi connectivity index (χ4v) is 2.94. The lowest BCUT2D eigenvalue weighted by atomic mass is 10.1. The van der Waals surface area contributed by atoms with Gasteiger partial charge in [0.25, 0.3) is 5.91 Å². The molecule has 0 atom stereocenters. The van der Waals surface area contributed by atoms with E-state index in [1.807, 2.05) is 18.4 Å². The molecule has 2 heterocycles. The third kappa shape index (κ3) is 2.50. The van der Waals surface area contributed by atoms with Crippen LogP contribution >= 0.6 is 11.3 Å². The average molecular weight is 303 g/mol. The number of hydrogen-bond acceptors (Lipinski definition) is 5. The zero-order valence-electron chi connectivity index (χ0n) is 11.6. The first-order chi connectivity index (χ1) is 10.1. The predicted molar refractivity (Wildman–Crippen MR) is 79.6 cm³/mol. The van der Waals surface area contributed by atoms with Gasteiger partial charge in [0.1, 0.15) is 0 Å². The topological polar surface area (TPSA) is 64.6 Å². The zero-order chi connectivity index (χ0) is 15.0. The molecule has 21 heavy (non-hydrogen) atoms. The van der Waals surface area contributed by atoms with Crippen molar-refractivity contribution in [1.29, 1.82) is 0 Å².